The molecular weight excluding hydrogens is 335 g/mol. The van der Waals surface area contributed by atoms with Crippen molar-refractivity contribution in [3.63, 3.8) is 0 Å². The largest absolute Gasteiger partial charge is 0.443 e. The molecule has 0 spiro atoms. The van der Waals surface area contributed by atoms with Crippen LogP contribution in [0.3, 0.4) is 0 Å². The molecule has 3 N–H and O–H groups in total. The summed E-state index contributed by atoms with van der Waals surface area (Å²) in [6.07, 6.45) is 1.52. The summed E-state index contributed by atoms with van der Waals surface area (Å²) in [7, 11) is 0. The average molecular weight is 355 g/mol. The first-order valence-electron chi connectivity index (χ1n) is 8.53. The van der Waals surface area contributed by atoms with E-state index in [0.29, 0.717) is 32.0 Å². The predicted octanol–water partition coefficient (Wildman–Crippen LogP) is 1.86. The molecule has 5 atom stereocenters. The summed E-state index contributed by atoms with van der Waals surface area (Å²) in [5.74, 6) is -3.31. The van der Waals surface area contributed by atoms with Gasteiger partial charge in [0.15, 0.2) is 11.6 Å². The van der Waals surface area contributed by atoms with Crippen LogP contribution in [0.4, 0.5) is 18.0 Å². The van der Waals surface area contributed by atoms with Gasteiger partial charge in [-0.25, -0.2) is 18.0 Å². The van der Waals surface area contributed by atoms with Gasteiger partial charge in [-0.15, -0.1) is 0 Å². The number of likely N-dealkylation sites (tertiary alicyclic amines) is 1. The summed E-state index contributed by atoms with van der Waals surface area (Å²) in [5.41, 5.74) is 6.40. The molecule has 2 aliphatic heterocycles. The van der Waals surface area contributed by atoms with Gasteiger partial charge in [-0.2, -0.15) is 0 Å². The molecule has 0 radical (unpaired) electrons. The van der Waals surface area contributed by atoms with Gasteiger partial charge in [-0.3, -0.25) is 4.90 Å². The molecule has 8 heteroatoms. The minimum atomic E-state index is -1.19. The second-order valence-electron chi connectivity index (χ2n) is 7.17. The maximum absolute atomic E-state index is 14.0. The standard InChI is InChI=1S/C17H20F3N3O2/c18-11-5-13(20)12(19)4-10(11)9-2-1-8(3-14(9)21)23-6-15-16(7-23)25-17(24)22-15/h4-5,8-9,14-16H,1-3,6-7,21H2,(H,22,24)/t8-,9+,14-,15-,16+/m0/s1. The summed E-state index contributed by atoms with van der Waals surface area (Å²) in [6, 6.07) is 1.40. The quantitative estimate of drug-likeness (QED) is 0.795. The van der Waals surface area contributed by atoms with E-state index in [9.17, 15) is 18.0 Å². The number of carbonyl (C=O) groups is 1. The van der Waals surface area contributed by atoms with Crippen molar-refractivity contribution < 1.29 is 22.7 Å². The molecule has 5 nitrogen and oxygen atoms in total. The molecule has 0 bridgehead atoms. The van der Waals surface area contributed by atoms with Crippen molar-refractivity contribution >= 4 is 6.09 Å². The average Bonchev–Trinajstić information content (AvgIpc) is 3.08. The third kappa shape index (κ3) is 2.97. The summed E-state index contributed by atoms with van der Waals surface area (Å²) in [6.45, 7) is 1.36. The third-order valence-corrected chi connectivity index (χ3v) is 5.68. The summed E-state index contributed by atoms with van der Waals surface area (Å²) in [4.78, 5) is 13.5. The highest BCUT2D eigenvalue weighted by Gasteiger charge is 2.45. The van der Waals surface area contributed by atoms with E-state index in [4.69, 9.17) is 10.5 Å². The van der Waals surface area contributed by atoms with Crippen LogP contribution in [0.25, 0.3) is 0 Å². The number of amides is 1. The maximum atomic E-state index is 14.0. The first-order valence-corrected chi connectivity index (χ1v) is 8.53. The maximum Gasteiger partial charge on any atom is 0.407 e. The van der Waals surface area contributed by atoms with Crippen molar-refractivity contribution in [3.05, 3.63) is 35.1 Å². The van der Waals surface area contributed by atoms with Gasteiger partial charge in [0.25, 0.3) is 0 Å². The molecule has 1 aromatic carbocycles. The Morgan fingerprint density at radius 2 is 1.88 bits per heavy atom. The van der Waals surface area contributed by atoms with Crippen LogP contribution >= 0.6 is 0 Å². The highest BCUT2D eigenvalue weighted by Crippen LogP contribution is 2.37. The van der Waals surface area contributed by atoms with Gasteiger partial charge in [0, 0.05) is 37.2 Å². The lowest BCUT2D eigenvalue weighted by Crippen LogP contribution is -2.46. The Bertz CT molecular complexity index is 686. The van der Waals surface area contributed by atoms with Gasteiger partial charge < -0.3 is 15.8 Å². The molecule has 25 heavy (non-hydrogen) atoms. The van der Waals surface area contributed by atoms with Crippen molar-refractivity contribution in [1.82, 2.24) is 10.2 Å². The molecule has 1 saturated carbocycles. The van der Waals surface area contributed by atoms with Gasteiger partial charge in [-0.05, 0) is 30.9 Å². The molecule has 3 fully saturated rings. The van der Waals surface area contributed by atoms with E-state index in [-0.39, 0.29) is 41.8 Å². The van der Waals surface area contributed by atoms with Crippen LogP contribution in [0, 0.1) is 17.5 Å². The highest BCUT2D eigenvalue weighted by atomic mass is 19.2. The van der Waals surface area contributed by atoms with E-state index in [0.717, 1.165) is 12.5 Å². The zero-order valence-electron chi connectivity index (χ0n) is 13.6. The van der Waals surface area contributed by atoms with E-state index in [2.05, 4.69) is 10.2 Å². The number of fused-ring (bicyclic) bond motifs is 1. The fourth-order valence-corrected chi connectivity index (χ4v) is 4.40. The number of halogens is 3. The number of alkyl carbamates (subject to hydrolysis) is 1. The van der Waals surface area contributed by atoms with Crippen molar-refractivity contribution in [1.29, 1.82) is 0 Å². The van der Waals surface area contributed by atoms with E-state index < -0.39 is 17.5 Å². The lowest BCUT2D eigenvalue weighted by Gasteiger charge is -2.39. The zero-order valence-corrected chi connectivity index (χ0v) is 13.6. The molecule has 136 valence electrons. The molecule has 1 aromatic rings. The van der Waals surface area contributed by atoms with Crippen LogP contribution in [-0.4, -0.2) is 48.3 Å². The molecule has 4 rings (SSSR count). The molecule has 1 amide bonds. The Balaban J connectivity index is 1.43. The Morgan fingerprint density at radius 1 is 1.12 bits per heavy atom. The number of benzene rings is 1. The lowest BCUT2D eigenvalue weighted by atomic mass is 9.77. The number of nitrogens with two attached hydrogens (primary N) is 1. The van der Waals surface area contributed by atoms with Crippen LogP contribution in [0.2, 0.25) is 0 Å². The number of hydrogen-bond donors (Lipinski definition) is 2. The number of ether oxygens (including phenoxy) is 1. The van der Waals surface area contributed by atoms with Crippen LogP contribution in [-0.2, 0) is 4.74 Å². The Morgan fingerprint density at radius 3 is 2.60 bits per heavy atom. The van der Waals surface area contributed by atoms with Gasteiger partial charge in [0.2, 0.25) is 0 Å². The molecular formula is C17H20F3N3O2. The van der Waals surface area contributed by atoms with Gasteiger partial charge >= 0.3 is 6.09 Å². The predicted molar refractivity (Wildman–Crippen MR) is 83.4 cm³/mol. The molecule has 2 saturated heterocycles. The first-order chi connectivity index (χ1) is 11.9. The Kier molecular flexibility index (Phi) is 4.11. The topological polar surface area (TPSA) is 67.6 Å². The lowest BCUT2D eigenvalue weighted by molar-refractivity contribution is 0.110. The van der Waals surface area contributed by atoms with Crippen LogP contribution in [0.15, 0.2) is 12.1 Å². The van der Waals surface area contributed by atoms with Gasteiger partial charge in [-0.1, -0.05) is 0 Å². The number of nitrogens with zero attached hydrogens (tertiary/aromatic N) is 1. The second-order valence-corrected chi connectivity index (χ2v) is 7.17. The van der Waals surface area contributed by atoms with Gasteiger partial charge in [0.05, 0.1) is 6.04 Å². The third-order valence-electron chi connectivity index (χ3n) is 5.68. The molecule has 0 aromatic heterocycles. The Hall–Kier alpha value is -1.80. The minimum absolute atomic E-state index is 0.00471. The van der Waals surface area contributed by atoms with Crippen LogP contribution < -0.4 is 11.1 Å². The van der Waals surface area contributed by atoms with Crippen LogP contribution in [0.5, 0.6) is 0 Å². The number of rotatable bonds is 2. The normalized spacial score (nSPS) is 35.4. The monoisotopic (exact) mass is 355 g/mol. The van der Waals surface area contributed by atoms with Crippen molar-refractivity contribution in [3.8, 4) is 0 Å². The first kappa shape index (κ1) is 16.7. The van der Waals surface area contributed by atoms with E-state index in [1.165, 1.54) is 0 Å². The van der Waals surface area contributed by atoms with Crippen LogP contribution in [0.1, 0.15) is 30.7 Å². The smallest absolute Gasteiger partial charge is 0.407 e. The summed E-state index contributed by atoms with van der Waals surface area (Å²) >= 11 is 0. The molecule has 3 aliphatic rings. The van der Waals surface area contributed by atoms with E-state index in [1.807, 2.05) is 0 Å². The summed E-state index contributed by atoms with van der Waals surface area (Å²) in [5, 5.41) is 2.79. The van der Waals surface area contributed by atoms with E-state index in [1.54, 1.807) is 0 Å². The fraction of sp³-hybridized carbons (Fsp3) is 0.588. The fourth-order valence-electron chi connectivity index (χ4n) is 4.40. The molecule has 0 unspecified atom stereocenters. The second kappa shape index (κ2) is 6.17. The van der Waals surface area contributed by atoms with Crippen molar-refractivity contribution in [2.75, 3.05) is 13.1 Å². The molecule has 1 aliphatic carbocycles. The summed E-state index contributed by atoms with van der Waals surface area (Å²) < 4.78 is 45.9. The minimum Gasteiger partial charge on any atom is -0.443 e. The number of nitrogens with one attached hydrogen (secondary N) is 1. The SMILES string of the molecule is N[C@H]1C[C@@H](N2C[C@@H]3NC(=O)O[C@@H]3C2)CC[C@@H]1c1cc(F)c(F)cc1F. The van der Waals surface area contributed by atoms with Gasteiger partial charge in [0.1, 0.15) is 11.9 Å². The highest BCUT2D eigenvalue weighted by molar-refractivity contribution is 5.70. The van der Waals surface area contributed by atoms with Crippen molar-refractivity contribution in [2.45, 2.75) is 49.4 Å². The van der Waals surface area contributed by atoms with Crippen molar-refractivity contribution in [2.24, 2.45) is 5.73 Å². The number of carbonyl (C=O) groups excluding carboxylic acids is 1. The number of hydrogen-bond acceptors (Lipinski definition) is 4. The molecule has 2 heterocycles. The Labute approximate surface area is 143 Å². The van der Waals surface area contributed by atoms with E-state index >= 15 is 0 Å². The zero-order chi connectivity index (χ0) is 17.7.